The number of aliphatic hydroxyl groups is 1. The highest BCUT2D eigenvalue weighted by atomic mass is 16.6. The molecule has 0 aliphatic heterocycles. The number of aliphatic hydroxyl groups excluding tert-OH is 1. The van der Waals surface area contributed by atoms with Crippen LogP contribution in [0.1, 0.15) is 41.0 Å². The second-order valence-electron chi connectivity index (χ2n) is 6.60. The predicted octanol–water partition coefficient (Wildman–Crippen LogP) is 0.576. The average Bonchev–Trinajstić information content (AvgIpc) is 2.40. The van der Waals surface area contributed by atoms with Crippen LogP contribution in [0.3, 0.4) is 0 Å². The molecule has 0 aliphatic carbocycles. The van der Waals surface area contributed by atoms with Crippen molar-refractivity contribution in [2.45, 2.75) is 58.7 Å². The van der Waals surface area contributed by atoms with E-state index in [2.05, 4.69) is 15.4 Å². The number of rotatable bonds is 7. The molecule has 8 heteroatoms. The van der Waals surface area contributed by atoms with E-state index in [9.17, 15) is 19.5 Å². The molecule has 0 aliphatic rings. The third-order valence-electron chi connectivity index (χ3n) is 2.70. The number of carbonyl (C=O) groups excluding carboxylic acids is 3. The summed E-state index contributed by atoms with van der Waals surface area (Å²) in [7, 11) is 1.23. The van der Waals surface area contributed by atoms with Crippen LogP contribution >= 0.6 is 0 Å². The summed E-state index contributed by atoms with van der Waals surface area (Å²) in [4.78, 5) is 35.5. The van der Waals surface area contributed by atoms with Gasteiger partial charge in [-0.1, -0.05) is 13.8 Å². The molecule has 0 rings (SSSR count). The van der Waals surface area contributed by atoms with Crippen LogP contribution in [0.15, 0.2) is 0 Å². The lowest BCUT2D eigenvalue weighted by Crippen LogP contribution is -2.54. The Hall–Kier alpha value is -1.83. The van der Waals surface area contributed by atoms with Gasteiger partial charge < -0.3 is 25.2 Å². The van der Waals surface area contributed by atoms with Crippen LogP contribution < -0.4 is 10.6 Å². The molecule has 134 valence electrons. The SMILES string of the molecule is COC(=O)C(CC(C)C)NC(=O)C(CO)NC(=O)OC(C)(C)C. The third kappa shape index (κ3) is 9.02. The highest BCUT2D eigenvalue weighted by molar-refractivity contribution is 5.89. The topological polar surface area (TPSA) is 114 Å². The van der Waals surface area contributed by atoms with E-state index < -0.39 is 42.3 Å². The van der Waals surface area contributed by atoms with Gasteiger partial charge in [0, 0.05) is 0 Å². The van der Waals surface area contributed by atoms with Gasteiger partial charge in [0.05, 0.1) is 13.7 Å². The van der Waals surface area contributed by atoms with E-state index in [-0.39, 0.29) is 5.92 Å². The van der Waals surface area contributed by atoms with Gasteiger partial charge in [0.2, 0.25) is 5.91 Å². The van der Waals surface area contributed by atoms with Crippen molar-refractivity contribution < 1.29 is 29.0 Å². The van der Waals surface area contributed by atoms with Gasteiger partial charge in [-0.2, -0.15) is 0 Å². The monoisotopic (exact) mass is 332 g/mol. The second kappa shape index (κ2) is 9.34. The molecule has 0 aromatic carbocycles. The first kappa shape index (κ1) is 21.2. The summed E-state index contributed by atoms with van der Waals surface area (Å²) in [6, 6.07) is -2.06. The van der Waals surface area contributed by atoms with Crippen LogP contribution in [0.25, 0.3) is 0 Å². The molecule has 0 radical (unpaired) electrons. The molecule has 0 aromatic rings. The molecule has 0 fully saturated rings. The lowest BCUT2D eigenvalue weighted by Gasteiger charge is -2.24. The van der Waals surface area contributed by atoms with E-state index in [1.54, 1.807) is 20.8 Å². The van der Waals surface area contributed by atoms with E-state index in [4.69, 9.17) is 4.74 Å². The zero-order valence-corrected chi connectivity index (χ0v) is 14.6. The summed E-state index contributed by atoms with van der Waals surface area (Å²) in [5.74, 6) is -1.12. The molecule has 0 spiro atoms. The lowest BCUT2D eigenvalue weighted by molar-refractivity contribution is -0.145. The molecule has 2 atom stereocenters. The quantitative estimate of drug-likeness (QED) is 0.588. The van der Waals surface area contributed by atoms with Crippen LogP contribution in [0.4, 0.5) is 4.79 Å². The van der Waals surface area contributed by atoms with E-state index in [0.717, 1.165) is 0 Å². The first-order valence-electron chi connectivity index (χ1n) is 7.48. The Kier molecular flexibility index (Phi) is 8.60. The number of esters is 1. The fourth-order valence-electron chi connectivity index (χ4n) is 1.74. The number of hydrogen-bond donors (Lipinski definition) is 3. The first-order valence-corrected chi connectivity index (χ1v) is 7.48. The molecule has 3 N–H and O–H groups in total. The maximum atomic E-state index is 12.1. The van der Waals surface area contributed by atoms with E-state index in [1.807, 2.05) is 13.8 Å². The van der Waals surface area contributed by atoms with Crippen molar-refractivity contribution in [2.24, 2.45) is 5.92 Å². The van der Waals surface area contributed by atoms with Gasteiger partial charge in [0.25, 0.3) is 0 Å². The lowest BCUT2D eigenvalue weighted by atomic mass is 10.0. The number of amides is 2. The Balaban J connectivity index is 4.79. The van der Waals surface area contributed by atoms with Gasteiger partial charge in [-0.25, -0.2) is 9.59 Å². The van der Waals surface area contributed by atoms with Crippen LogP contribution in [0, 0.1) is 5.92 Å². The van der Waals surface area contributed by atoms with Gasteiger partial charge in [0.1, 0.15) is 17.7 Å². The number of methoxy groups -OCH3 is 1. The zero-order valence-electron chi connectivity index (χ0n) is 14.6. The first-order chi connectivity index (χ1) is 10.5. The second-order valence-corrected chi connectivity index (χ2v) is 6.60. The van der Waals surface area contributed by atoms with Gasteiger partial charge >= 0.3 is 12.1 Å². The summed E-state index contributed by atoms with van der Waals surface area (Å²) < 4.78 is 9.67. The Bertz CT molecular complexity index is 417. The molecule has 0 saturated heterocycles. The largest absolute Gasteiger partial charge is 0.467 e. The molecule has 0 bridgehead atoms. The van der Waals surface area contributed by atoms with Crippen molar-refractivity contribution in [3.05, 3.63) is 0 Å². The molecule has 0 heterocycles. The van der Waals surface area contributed by atoms with Gasteiger partial charge in [0.15, 0.2) is 0 Å². The molecule has 2 amide bonds. The molecule has 8 nitrogen and oxygen atoms in total. The number of ether oxygens (including phenoxy) is 2. The van der Waals surface area contributed by atoms with Crippen LogP contribution in [0.2, 0.25) is 0 Å². The van der Waals surface area contributed by atoms with Gasteiger partial charge in [-0.15, -0.1) is 0 Å². The van der Waals surface area contributed by atoms with Crippen molar-refractivity contribution in [1.82, 2.24) is 10.6 Å². The fourth-order valence-corrected chi connectivity index (χ4v) is 1.74. The number of hydrogen-bond acceptors (Lipinski definition) is 6. The normalized spacial score (nSPS) is 13.9. The van der Waals surface area contributed by atoms with Crippen LogP contribution in [-0.2, 0) is 19.1 Å². The maximum Gasteiger partial charge on any atom is 0.408 e. The van der Waals surface area contributed by atoms with E-state index >= 15 is 0 Å². The van der Waals surface area contributed by atoms with Crippen molar-refractivity contribution in [3.8, 4) is 0 Å². The standard InChI is InChI=1S/C15H28N2O6/c1-9(2)7-10(13(20)22-6)16-12(19)11(8-18)17-14(21)23-15(3,4)5/h9-11,18H,7-8H2,1-6H3,(H,16,19)(H,17,21). The summed E-state index contributed by atoms with van der Waals surface area (Å²) in [5.41, 5.74) is -0.729. The molecule has 0 aromatic heterocycles. The highest BCUT2D eigenvalue weighted by Crippen LogP contribution is 2.08. The van der Waals surface area contributed by atoms with Crippen LogP contribution in [0.5, 0.6) is 0 Å². The van der Waals surface area contributed by atoms with Crippen molar-refractivity contribution in [3.63, 3.8) is 0 Å². The van der Waals surface area contributed by atoms with Gasteiger partial charge in [-0.3, -0.25) is 4.79 Å². The minimum atomic E-state index is -1.22. The van der Waals surface area contributed by atoms with Crippen LogP contribution in [-0.4, -0.2) is 54.5 Å². The number of carbonyl (C=O) groups is 3. The number of nitrogens with one attached hydrogen (secondary N) is 2. The Labute approximate surface area is 136 Å². The van der Waals surface area contributed by atoms with Gasteiger partial charge in [-0.05, 0) is 33.1 Å². The minimum absolute atomic E-state index is 0.144. The molecule has 2 unspecified atom stereocenters. The Morgan fingerprint density at radius 1 is 1.09 bits per heavy atom. The smallest absolute Gasteiger partial charge is 0.408 e. The van der Waals surface area contributed by atoms with Crippen molar-refractivity contribution >= 4 is 18.0 Å². The summed E-state index contributed by atoms with van der Waals surface area (Å²) in [6.45, 7) is 8.19. The minimum Gasteiger partial charge on any atom is -0.467 e. The van der Waals surface area contributed by atoms with Crippen molar-refractivity contribution in [1.29, 1.82) is 0 Å². The molecular weight excluding hydrogens is 304 g/mol. The summed E-state index contributed by atoms with van der Waals surface area (Å²) in [5, 5.41) is 14.0. The van der Waals surface area contributed by atoms with E-state index in [1.165, 1.54) is 7.11 Å². The average molecular weight is 332 g/mol. The Morgan fingerprint density at radius 2 is 1.65 bits per heavy atom. The summed E-state index contributed by atoms with van der Waals surface area (Å²) >= 11 is 0. The third-order valence-corrected chi connectivity index (χ3v) is 2.70. The predicted molar refractivity (Wildman–Crippen MR) is 83.6 cm³/mol. The molecule has 0 saturated carbocycles. The van der Waals surface area contributed by atoms with E-state index in [0.29, 0.717) is 6.42 Å². The zero-order chi connectivity index (χ0) is 18.2. The van der Waals surface area contributed by atoms with Crippen molar-refractivity contribution in [2.75, 3.05) is 13.7 Å². The summed E-state index contributed by atoms with van der Waals surface area (Å²) in [6.07, 6.45) is -0.451. The molecular formula is C15H28N2O6. The maximum absolute atomic E-state index is 12.1. The highest BCUT2D eigenvalue weighted by Gasteiger charge is 2.28. The fraction of sp³-hybridized carbons (Fsp3) is 0.800. The Morgan fingerprint density at radius 3 is 2.04 bits per heavy atom. The number of alkyl carbamates (subject to hydrolysis) is 1. The molecule has 23 heavy (non-hydrogen) atoms.